The maximum atomic E-state index is 12.2. The second-order valence-electron chi connectivity index (χ2n) is 6.48. The maximum Gasteiger partial charge on any atom is 0.260 e. The standard InChI is InChI=1S/C21H19N7O2/c1-13-17(12-23-30-13)21(29)27-16-8-6-15(7-9-16)26-19-11-20(25-14(2)24-19)28-18-5-3-4-10-22-18/h3-12H,1-2H3,(H,27,29)(H2,22,24,25,26,28). The van der Waals surface area contributed by atoms with Gasteiger partial charge in [-0.05, 0) is 50.2 Å². The third kappa shape index (κ3) is 4.58. The van der Waals surface area contributed by atoms with Crippen LogP contribution in [-0.4, -0.2) is 26.0 Å². The van der Waals surface area contributed by atoms with E-state index in [9.17, 15) is 4.79 Å². The molecule has 0 atom stereocenters. The Labute approximate surface area is 172 Å². The molecule has 1 aromatic carbocycles. The molecule has 9 nitrogen and oxygen atoms in total. The Kier molecular flexibility index (Phi) is 5.33. The number of amides is 1. The van der Waals surface area contributed by atoms with E-state index in [-0.39, 0.29) is 5.91 Å². The fourth-order valence-electron chi connectivity index (χ4n) is 2.76. The van der Waals surface area contributed by atoms with Gasteiger partial charge in [-0.2, -0.15) is 0 Å². The number of nitrogens with one attached hydrogen (secondary N) is 3. The molecule has 0 bridgehead atoms. The molecule has 0 fully saturated rings. The van der Waals surface area contributed by atoms with Crippen LogP contribution < -0.4 is 16.0 Å². The highest BCUT2D eigenvalue weighted by atomic mass is 16.5. The van der Waals surface area contributed by atoms with Gasteiger partial charge in [0, 0.05) is 23.6 Å². The molecule has 3 aromatic heterocycles. The van der Waals surface area contributed by atoms with Crippen molar-refractivity contribution >= 4 is 34.7 Å². The summed E-state index contributed by atoms with van der Waals surface area (Å²) in [4.78, 5) is 25.3. The highest BCUT2D eigenvalue weighted by molar-refractivity contribution is 6.04. The van der Waals surface area contributed by atoms with Gasteiger partial charge in [-0.1, -0.05) is 11.2 Å². The maximum absolute atomic E-state index is 12.2. The van der Waals surface area contributed by atoms with E-state index in [0.717, 1.165) is 5.69 Å². The highest BCUT2D eigenvalue weighted by Gasteiger charge is 2.13. The van der Waals surface area contributed by atoms with Gasteiger partial charge in [0.2, 0.25) is 0 Å². The van der Waals surface area contributed by atoms with Crippen LogP contribution in [0.2, 0.25) is 0 Å². The smallest absolute Gasteiger partial charge is 0.260 e. The second-order valence-corrected chi connectivity index (χ2v) is 6.48. The number of carbonyl (C=O) groups is 1. The molecule has 4 rings (SSSR count). The van der Waals surface area contributed by atoms with Gasteiger partial charge in [-0.25, -0.2) is 15.0 Å². The van der Waals surface area contributed by atoms with E-state index < -0.39 is 0 Å². The number of carbonyl (C=O) groups excluding carboxylic acids is 1. The predicted molar refractivity (Wildman–Crippen MR) is 113 cm³/mol. The minimum absolute atomic E-state index is 0.272. The van der Waals surface area contributed by atoms with Crippen LogP contribution >= 0.6 is 0 Å². The lowest BCUT2D eigenvalue weighted by molar-refractivity contribution is 0.102. The first-order chi connectivity index (χ1) is 14.6. The molecule has 0 unspecified atom stereocenters. The molecule has 150 valence electrons. The van der Waals surface area contributed by atoms with E-state index in [1.165, 1.54) is 6.20 Å². The van der Waals surface area contributed by atoms with Crippen molar-refractivity contribution < 1.29 is 9.32 Å². The van der Waals surface area contributed by atoms with Gasteiger partial charge >= 0.3 is 0 Å². The third-order valence-electron chi connectivity index (χ3n) is 4.17. The number of aryl methyl sites for hydroxylation is 2. The lowest BCUT2D eigenvalue weighted by Crippen LogP contribution is -2.12. The highest BCUT2D eigenvalue weighted by Crippen LogP contribution is 2.21. The Hall–Kier alpha value is -4.27. The summed E-state index contributed by atoms with van der Waals surface area (Å²) in [6.45, 7) is 3.51. The Balaban J connectivity index is 1.44. The molecule has 3 heterocycles. The summed E-state index contributed by atoms with van der Waals surface area (Å²) >= 11 is 0. The molecule has 9 heteroatoms. The van der Waals surface area contributed by atoms with Crippen molar-refractivity contribution in [3.63, 3.8) is 0 Å². The summed E-state index contributed by atoms with van der Waals surface area (Å²) < 4.78 is 4.92. The van der Waals surface area contributed by atoms with Crippen molar-refractivity contribution in [1.82, 2.24) is 20.1 Å². The SMILES string of the molecule is Cc1nc(Nc2ccc(NC(=O)c3cnoc3C)cc2)cc(Nc2ccccn2)n1. The Morgan fingerprint density at radius 1 is 0.900 bits per heavy atom. The second kappa shape index (κ2) is 8.39. The lowest BCUT2D eigenvalue weighted by Gasteiger charge is -2.10. The van der Waals surface area contributed by atoms with E-state index in [1.807, 2.05) is 37.3 Å². The first kappa shape index (κ1) is 19.1. The summed E-state index contributed by atoms with van der Waals surface area (Å²) in [5.74, 6) is 2.79. The summed E-state index contributed by atoms with van der Waals surface area (Å²) in [5, 5.41) is 12.8. The third-order valence-corrected chi connectivity index (χ3v) is 4.17. The minimum atomic E-state index is -0.272. The van der Waals surface area contributed by atoms with Gasteiger partial charge in [0.1, 0.15) is 34.6 Å². The van der Waals surface area contributed by atoms with E-state index in [2.05, 4.69) is 36.1 Å². The molecular formula is C21H19N7O2. The van der Waals surface area contributed by atoms with Gasteiger partial charge in [-0.15, -0.1) is 0 Å². The van der Waals surface area contributed by atoms with Gasteiger partial charge in [0.15, 0.2) is 0 Å². The molecule has 0 aliphatic heterocycles. The summed E-state index contributed by atoms with van der Waals surface area (Å²) in [7, 11) is 0. The quantitative estimate of drug-likeness (QED) is 0.440. The molecule has 0 saturated carbocycles. The van der Waals surface area contributed by atoms with Crippen LogP contribution in [0.5, 0.6) is 0 Å². The molecular weight excluding hydrogens is 382 g/mol. The number of anilines is 5. The van der Waals surface area contributed by atoms with E-state index >= 15 is 0 Å². The molecule has 0 radical (unpaired) electrons. The first-order valence-corrected chi connectivity index (χ1v) is 9.20. The van der Waals surface area contributed by atoms with E-state index in [1.54, 1.807) is 31.3 Å². The van der Waals surface area contributed by atoms with Crippen LogP contribution in [0.25, 0.3) is 0 Å². The zero-order valence-corrected chi connectivity index (χ0v) is 16.4. The molecule has 0 aliphatic rings. The van der Waals surface area contributed by atoms with Crippen molar-refractivity contribution in [2.24, 2.45) is 0 Å². The van der Waals surface area contributed by atoms with Gasteiger partial charge in [-0.3, -0.25) is 4.79 Å². The van der Waals surface area contributed by atoms with Gasteiger partial charge < -0.3 is 20.5 Å². The van der Waals surface area contributed by atoms with Gasteiger partial charge in [0.25, 0.3) is 5.91 Å². The zero-order valence-electron chi connectivity index (χ0n) is 16.4. The number of aromatic nitrogens is 4. The average molecular weight is 401 g/mol. The Morgan fingerprint density at radius 2 is 1.63 bits per heavy atom. The first-order valence-electron chi connectivity index (χ1n) is 9.20. The number of hydrogen-bond donors (Lipinski definition) is 3. The fraction of sp³-hybridized carbons (Fsp3) is 0.0952. The summed E-state index contributed by atoms with van der Waals surface area (Å²) in [5.41, 5.74) is 1.88. The average Bonchev–Trinajstić information content (AvgIpc) is 3.16. The molecule has 4 aromatic rings. The molecule has 0 saturated heterocycles. The van der Waals surface area contributed by atoms with Crippen LogP contribution in [0.15, 0.2) is 65.4 Å². The predicted octanol–water partition coefficient (Wildman–Crippen LogP) is 4.22. The minimum Gasteiger partial charge on any atom is -0.361 e. The molecule has 0 spiro atoms. The Morgan fingerprint density at radius 3 is 2.30 bits per heavy atom. The van der Waals surface area contributed by atoms with Crippen LogP contribution in [-0.2, 0) is 0 Å². The van der Waals surface area contributed by atoms with Crippen LogP contribution in [0, 0.1) is 13.8 Å². The monoisotopic (exact) mass is 401 g/mol. The van der Waals surface area contributed by atoms with Crippen LogP contribution in [0.1, 0.15) is 21.9 Å². The Bertz CT molecular complexity index is 1160. The van der Waals surface area contributed by atoms with Crippen molar-refractivity contribution in [3.8, 4) is 0 Å². The van der Waals surface area contributed by atoms with Crippen LogP contribution in [0.3, 0.4) is 0 Å². The van der Waals surface area contributed by atoms with Crippen LogP contribution in [0.4, 0.5) is 28.8 Å². The fourth-order valence-corrected chi connectivity index (χ4v) is 2.76. The number of rotatable bonds is 6. The normalized spacial score (nSPS) is 10.5. The van der Waals surface area contributed by atoms with Crippen molar-refractivity contribution in [2.45, 2.75) is 13.8 Å². The summed E-state index contributed by atoms with van der Waals surface area (Å²) in [6, 6.07) is 14.7. The van der Waals surface area contributed by atoms with Crippen molar-refractivity contribution in [3.05, 3.63) is 78.1 Å². The molecule has 1 amide bonds. The number of pyridine rings is 1. The molecule has 30 heavy (non-hydrogen) atoms. The molecule has 3 N–H and O–H groups in total. The zero-order chi connectivity index (χ0) is 20.9. The van der Waals surface area contributed by atoms with Gasteiger partial charge in [0.05, 0.1) is 6.20 Å². The number of benzene rings is 1. The van der Waals surface area contributed by atoms with Crippen molar-refractivity contribution in [2.75, 3.05) is 16.0 Å². The largest absolute Gasteiger partial charge is 0.361 e. The van der Waals surface area contributed by atoms with E-state index in [0.29, 0.717) is 40.3 Å². The number of nitrogens with zero attached hydrogens (tertiary/aromatic N) is 4. The topological polar surface area (TPSA) is 118 Å². The lowest BCUT2D eigenvalue weighted by atomic mass is 10.2. The molecule has 0 aliphatic carbocycles. The summed E-state index contributed by atoms with van der Waals surface area (Å²) in [6.07, 6.45) is 3.11. The van der Waals surface area contributed by atoms with E-state index in [4.69, 9.17) is 4.52 Å². The van der Waals surface area contributed by atoms with Crippen molar-refractivity contribution in [1.29, 1.82) is 0 Å². The number of hydrogen-bond acceptors (Lipinski definition) is 8.